The highest BCUT2D eigenvalue weighted by atomic mass is 32.1. The minimum absolute atomic E-state index is 0.267. The molecule has 0 radical (unpaired) electrons. The lowest BCUT2D eigenvalue weighted by Crippen LogP contribution is -2.35. The Balaban J connectivity index is 2.00. The quantitative estimate of drug-likeness (QED) is 0.828. The molecule has 2 rings (SSSR count). The number of hydrogen-bond acceptors (Lipinski definition) is 3. The molecule has 0 unspecified atom stereocenters. The van der Waals surface area contributed by atoms with E-state index in [4.69, 9.17) is 5.11 Å². The van der Waals surface area contributed by atoms with Crippen LogP contribution < -0.4 is 0 Å². The van der Waals surface area contributed by atoms with Gasteiger partial charge >= 0.3 is 5.97 Å². The number of aliphatic carboxylic acids is 1. The first kappa shape index (κ1) is 9.68. The van der Waals surface area contributed by atoms with E-state index in [2.05, 4.69) is 6.07 Å². The van der Waals surface area contributed by atoms with Gasteiger partial charge in [-0.25, -0.2) is 0 Å². The molecule has 1 saturated heterocycles. The molecule has 4 heteroatoms. The Morgan fingerprint density at radius 1 is 1.71 bits per heavy atom. The molecule has 1 N–H and O–H groups in total. The lowest BCUT2D eigenvalue weighted by atomic mass is 10.2. The van der Waals surface area contributed by atoms with Crippen LogP contribution in [0.4, 0.5) is 0 Å². The average molecular weight is 211 g/mol. The van der Waals surface area contributed by atoms with Gasteiger partial charge in [0.1, 0.15) is 6.04 Å². The predicted octanol–water partition coefficient (Wildman–Crippen LogP) is 1.80. The van der Waals surface area contributed by atoms with E-state index >= 15 is 0 Å². The van der Waals surface area contributed by atoms with Crippen LogP contribution in [0.1, 0.15) is 17.7 Å². The van der Waals surface area contributed by atoms with Gasteiger partial charge in [-0.2, -0.15) is 0 Å². The summed E-state index contributed by atoms with van der Waals surface area (Å²) in [5.74, 6) is -0.681. The van der Waals surface area contributed by atoms with Crippen LogP contribution in [0.3, 0.4) is 0 Å². The number of rotatable bonds is 3. The van der Waals surface area contributed by atoms with Crippen LogP contribution in [0, 0.1) is 0 Å². The second kappa shape index (κ2) is 4.11. The number of carboxylic acids is 1. The highest BCUT2D eigenvalue weighted by Crippen LogP contribution is 2.21. The molecule has 1 aromatic heterocycles. The molecule has 0 bridgehead atoms. The Morgan fingerprint density at radius 2 is 2.57 bits per heavy atom. The van der Waals surface area contributed by atoms with E-state index < -0.39 is 5.97 Å². The van der Waals surface area contributed by atoms with Crippen molar-refractivity contribution in [1.82, 2.24) is 4.90 Å². The van der Waals surface area contributed by atoms with Crippen LogP contribution in [0.15, 0.2) is 17.5 Å². The number of carbonyl (C=O) groups is 1. The monoisotopic (exact) mass is 211 g/mol. The first-order valence-electron chi connectivity index (χ1n) is 4.76. The van der Waals surface area contributed by atoms with Crippen LogP contribution in [0.2, 0.25) is 0 Å². The van der Waals surface area contributed by atoms with Crippen LogP contribution in [0.5, 0.6) is 0 Å². The lowest BCUT2D eigenvalue weighted by molar-refractivity contribution is -0.142. The van der Waals surface area contributed by atoms with Crippen molar-refractivity contribution in [3.05, 3.63) is 22.4 Å². The van der Waals surface area contributed by atoms with Gasteiger partial charge in [-0.15, -0.1) is 11.3 Å². The highest BCUT2D eigenvalue weighted by Gasteiger charge is 2.30. The van der Waals surface area contributed by atoms with Crippen LogP contribution in [0.25, 0.3) is 0 Å². The van der Waals surface area contributed by atoms with Gasteiger partial charge in [-0.3, -0.25) is 9.69 Å². The number of nitrogens with zero attached hydrogens (tertiary/aromatic N) is 1. The Bertz CT molecular complexity index is 310. The molecule has 14 heavy (non-hydrogen) atoms. The van der Waals surface area contributed by atoms with Crippen molar-refractivity contribution in [3.8, 4) is 0 Å². The van der Waals surface area contributed by atoms with E-state index in [9.17, 15) is 4.79 Å². The smallest absolute Gasteiger partial charge is 0.320 e. The molecule has 76 valence electrons. The van der Waals surface area contributed by atoms with Gasteiger partial charge in [0.05, 0.1) is 0 Å². The third-order valence-electron chi connectivity index (χ3n) is 2.59. The first-order valence-corrected chi connectivity index (χ1v) is 5.64. The molecular weight excluding hydrogens is 198 g/mol. The molecule has 1 aliphatic heterocycles. The summed E-state index contributed by atoms with van der Waals surface area (Å²) in [5.41, 5.74) is 0. The maximum Gasteiger partial charge on any atom is 0.320 e. The largest absolute Gasteiger partial charge is 0.480 e. The molecule has 0 aliphatic carbocycles. The number of thiophene rings is 1. The second-order valence-corrected chi connectivity index (χ2v) is 4.58. The van der Waals surface area contributed by atoms with E-state index in [0.717, 1.165) is 25.9 Å². The summed E-state index contributed by atoms with van der Waals surface area (Å²) in [5, 5.41) is 11.0. The Hall–Kier alpha value is -0.870. The van der Waals surface area contributed by atoms with Crippen molar-refractivity contribution in [3.63, 3.8) is 0 Å². The molecule has 0 amide bonds. The van der Waals surface area contributed by atoms with Gasteiger partial charge in [0, 0.05) is 11.4 Å². The summed E-state index contributed by atoms with van der Waals surface area (Å²) in [4.78, 5) is 14.2. The zero-order valence-corrected chi connectivity index (χ0v) is 8.67. The average Bonchev–Trinajstić information content (AvgIpc) is 2.75. The first-order chi connectivity index (χ1) is 6.77. The van der Waals surface area contributed by atoms with E-state index in [1.165, 1.54) is 4.88 Å². The van der Waals surface area contributed by atoms with Gasteiger partial charge in [0.25, 0.3) is 0 Å². The van der Waals surface area contributed by atoms with Crippen LogP contribution in [-0.2, 0) is 11.3 Å². The Kier molecular flexibility index (Phi) is 2.84. The lowest BCUT2D eigenvalue weighted by Gasteiger charge is -2.19. The molecular formula is C10H13NO2S. The Morgan fingerprint density at radius 3 is 3.21 bits per heavy atom. The number of likely N-dealkylation sites (tertiary alicyclic amines) is 1. The molecule has 1 atom stereocenters. The SMILES string of the molecule is O=C(O)[C@@H]1CCCN1Cc1cccs1. The summed E-state index contributed by atoms with van der Waals surface area (Å²) in [7, 11) is 0. The molecule has 0 spiro atoms. The minimum atomic E-state index is -0.681. The minimum Gasteiger partial charge on any atom is -0.480 e. The van der Waals surface area contributed by atoms with Crippen molar-refractivity contribution >= 4 is 17.3 Å². The van der Waals surface area contributed by atoms with E-state index in [0.29, 0.717) is 0 Å². The van der Waals surface area contributed by atoms with Gasteiger partial charge < -0.3 is 5.11 Å². The fourth-order valence-electron chi connectivity index (χ4n) is 1.90. The van der Waals surface area contributed by atoms with Crippen molar-refractivity contribution < 1.29 is 9.90 Å². The summed E-state index contributed by atoms with van der Waals surface area (Å²) in [6, 6.07) is 3.80. The number of hydrogen-bond donors (Lipinski definition) is 1. The summed E-state index contributed by atoms with van der Waals surface area (Å²) in [6.45, 7) is 1.70. The molecule has 2 heterocycles. The van der Waals surface area contributed by atoms with Crippen molar-refractivity contribution in [2.75, 3.05) is 6.54 Å². The molecule has 3 nitrogen and oxygen atoms in total. The van der Waals surface area contributed by atoms with Gasteiger partial charge in [0.15, 0.2) is 0 Å². The van der Waals surface area contributed by atoms with Crippen molar-refractivity contribution in [2.24, 2.45) is 0 Å². The molecule has 0 saturated carbocycles. The summed E-state index contributed by atoms with van der Waals surface area (Å²) < 4.78 is 0. The fraction of sp³-hybridized carbons (Fsp3) is 0.500. The Labute approximate surface area is 87.0 Å². The van der Waals surface area contributed by atoms with Gasteiger partial charge in [-0.1, -0.05) is 6.07 Å². The van der Waals surface area contributed by atoms with E-state index in [1.54, 1.807) is 11.3 Å². The maximum absolute atomic E-state index is 10.9. The van der Waals surface area contributed by atoms with Gasteiger partial charge in [0.2, 0.25) is 0 Å². The van der Waals surface area contributed by atoms with Crippen molar-refractivity contribution in [1.29, 1.82) is 0 Å². The fourth-order valence-corrected chi connectivity index (χ4v) is 2.63. The maximum atomic E-state index is 10.9. The third-order valence-corrected chi connectivity index (χ3v) is 3.45. The molecule has 1 aromatic rings. The van der Waals surface area contributed by atoms with E-state index in [1.807, 2.05) is 16.3 Å². The number of carboxylic acid groups (broad SMARTS) is 1. The molecule has 1 aliphatic rings. The summed E-state index contributed by atoms with van der Waals surface area (Å²) in [6.07, 6.45) is 1.79. The highest BCUT2D eigenvalue weighted by molar-refractivity contribution is 7.09. The van der Waals surface area contributed by atoms with Crippen molar-refractivity contribution in [2.45, 2.75) is 25.4 Å². The van der Waals surface area contributed by atoms with E-state index in [-0.39, 0.29) is 6.04 Å². The molecule has 1 fully saturated rings. The zero-order chi connectivity index (χ0) is 9.97. The van der Waals surface area contributed by atoms with Crippen LogP contribution >= 0.6 is 11.3 Å². The normalized spacial score (nSPS) is 22.7. The third kappa shape index (κ3) is 1.96. The second-order valence-electron chi connectivity index (χ2n) is 3.55. The van der Waals surface area contributed by atoms with Crippen LogP contribution in [-0.4, -0.2) is 28.6 Å². The molecule has 0 aromatic carbocycles. The topological polar surface area (TPSA) is 40.5 Å². The predicted molar refractivity (Wildman–Crippen MR) is 55.4 cm³/mol. The zero-order valence-electron chi connectivity index (χ0n) is 7.85. The van der Waals surface area contributed by atoms with Gasteiger partial charge in [-0.05, 0) is 30.8 Å². The summed E-state index contributed by atoms with van der Waals surface area (Å²) >= 11 is 1.69. The standard InChI is InChI=1S/C10H13NO2S/c12-10(13)9-4-1-5-11(9)7-8-3-2-6-14-8/h2-3,6,9H,1,4-5,7H2,(H,12,13)/t9-/m0/s1.